The molecule has 1 spiro atoms. The Morgan fingerprint density at radius 2 is 1.62 bits per heavy atom. The van der Waals surface area contributed by atoms with Crippen molar-refractivity contribution in [3.8, 4) is 5.75 Å². The zero-order valence-corrected chi connectivity index (χ0v) is 36.9. The highest BCUT2D eigenvalue weighted by atomic mass is 16.5. The number of aliphatic hydroxyl groups is 4. The van der Waals surface area contributed by atoms with E-state index in [0.29, 0.717) is 50.2 Å². The minimum Gasteiger partial charge on any atom is -0.496 e. The first-order chi connectivity index (χ1) is 30.5. The molecule has 1 aliphatic carbocycles. The standard InChI is InChI=1S/C43H52N4O7.C4H6O6/c1-7-25-18-26-21-42(38(49)53-5,34-28(24-46(22-25)23-26)27-12-9-10-13-31(27)44-34)30-19-29-32(20-33(30)52-4)45(3)36-41(29)15-17-47-16-11-14-40(8-2,35(41)47)37(48)43(36,51)39(50)54-6;5-1(3(7)8)2(6)4(9)10/h9-14,18-20,26,35-37,44,48,51H,7-8,15-17,21-24H2,1-6H3;1-2,5-6H,(H,7,8)(H,9,10)/t26-,35-,36+,37+,40+,41+,42-,43-;1-,2-/m00/s1. The van der Waals surface area contributed by atoms with E-state index in [1.807, 2.05) is 43.1 Å². The Hall–Kier alpha value is -5.30. The van der Waals surface area contributed by atoms with Crippen LogP contribution in [0.5, 0.6) is 5.75 Å². The summed E-state index contributed by atoms with van der Waals surface area (Å²) >= 11 is 0. The number of aromatic amines is 1. The summed E-state index contributed by atoms with van der Waals surface area (Å²) in [6.07, 6.45) is 2.99. The maximum atomic E-state index is 15.1. The fourth-order valence-corrected chi connectivity index (χ4v) is 12.8. The number of H-pyrrole nitrogens is 1. The van der Waals surface area contributed by atoms with Gasteiger partial charge in [0.1, 0.15) is 17.3 Å². The number of esters is 2. The molecule has 11 atom stereocenters. The second-order valence-corrected chi connectivity index (χ2v) is 18.2. The largest absolute Gasteiger partial charge is 0.496 e. The van der Waals surface area contributed by atoms with Crippen molar-refractivity contribution in [3.63, 3.8) is 0 Å². The van der Waals surface area contributed by atoms with E-state index >= 15 is 4.79 Å². The van der Waals surface area contributed by atoms with E-state index in [4.69, 9.17) is 34.6 Å². The van der Waals surface area contributed by atoms with E-state index in [1.165, 1.54) is 19.8 Å². The van der Waals surface area contributed by atoms with Crippen LogP contribution in [0.25, 0.3) is 10.9 Å². The number of aromatic nitrogens is 1. The summed E-state index contributed by atoms with van der Waals surface area (Å²) in [6, 6.07) is 11.3. The second-order valence-electron chi connectivity index (χ2n) is 18.2. The number of fused-ring (bicyclic) bond motifs is 6. The predicted octanol–water partition coefficient (Wildman–Crippen LogP) is 2.06. The van der Waals surface area contributed by atoms with Gasteiger partial charge in [0.2, 0.25) is 5.60 Å². The van der Waals surface area contributed by atoms with E-state index in [9.17, 15) is 24.6 Å². The number of carboxylic acid groups (broad SMARTS) is 2. The minimum absolute atomic E-state index is 0.0475. The number of hydrogen-bond donors (Lipinski definition) is 7. The van der Waals surface area contributed by atoms with Crippen LogP contribution in [-0.4, -0.2) is 160 Å². The summed E-state index contributed by atoms with van der Waals surface area (Å²) in [7, 11) is 6.24. The van der Waals surface area contributed by atoms with E-state index in [0.717, 1.165) is 52.9 Å². The van der Waals surface area contributed by atoms with E-state index in [1.54, 1.807) is 7.11 Å². The highest BCUT2D eigenvalue weighted by Crippen LogP contribution is 2.67. The average Bonchev–Trinajstić information content (AvgIpc) is 3.95. The first kappa shape index (κ1) is 45.3. The Bertz CT molecular complexity index is 2430. The lowest BCUT2D eigenvalue weighted by molar-refractivity contribution is -0.218. The van der Waals surface area contributed by atoms with Crippen LogP contribution in [0.3, 0.4) is 0 Å². The van der Waals surface area contributed by atoms with Gasteiger partial charge in [0.15, 0.2) is 12.2 Å². The molecule has 6 aliphatic rings. The van der Waals surface area contributed by atoms with Crippen molar-refractivity contribution >= 4 is 40.5 Å². The quantitative estimate of drug-likeness (QED) is 0.120. The first-order valence-corrected chi connectivity index (χ1v) is 21.7. The highest BCUT2D eigenvalue weighted by molar-refractivity contribution is 5.95. The van der Waals surface area contributed by atoms with Gasteiger partial charge in [0, 0.05) is 84.0 Å². The Morgan fingerprint density at radius 1 is 0.938 bits per heavy atom. The lowest BCUT2D eigenvalue weighted by atomic mass is 9.47. The van der Waals surface area contributed by atoms with Crippen LogP contribution in [0.4, 0.5) is 5.69 Å². The van der Waals surface area contributed by atoms with Crippen molar-refractivity contribution in [1.29, 1.82) is 0 Å². The zero-order chi connectivity index (χ0) is 46.3. The second kappa shape index (κ2) is 16.3. The molecule has 64 heavy (non-hydrogen) atoms. The van der Waals surface area contributed by atoms with E-state index in [2.05, 4.69) is 52.1 Å². The molecule has 17 heteroatoms. The van der Waals surface area contributed by atoms with Crippen molar-refractivity contribution in [1.82, 2.24) is 14.8 Å². The van der Waals surface area contributed by atoms with E-state index < -0.39 is 64.1 Å². The Morgan fingerprint density at radius 3 is 2.25 bits per heavy atom. The van der Waals surface area contributed by atoms with Crippen LogP contribution in [0.2, 0.25) is 0 Å². The number of nitrogens with one attached hydrogen (secondary N) is 1. The summed E-state index contributed by atoms with van der Waals surface area (Å²) in [5.41, 5.74) is 1.24. The number of methoxy groups -OCH3 is 3. The molecule has 2 bridgehead atoms. The third-order valence-corrected chi connectivity index (χ3v) is 15.3. The van der Waals surface area contributed by atoms with Gasteiger partial charge < -0.3 is 54.7 Å². The molecule has 6 heterocycles. The molecule has 344 valence electrons. The van der Waals surface area contributed by atoms with Crippen LogP contribution in [0.15, 0.2) is 60.2 Å². The number of carbonyl (C=O) groups excluding carboxylic acids is 2. The summed E-state index contributed by atoms with van der Waals surface area (Å²) < 4.78 is 17.6. The SMILES string of the molecule is CCC1=C[C@@H]2CN(C1)Cc1c([nH]c3ccccc13)[C@@](C(=O)OC)(c1cc3c(cc1OC)N(C)[C@H]1[C@@](O)(C(=O)OC)[C@H](O)[C@]4(CC)C=CCN5CC[C@]31[C@@H]54)C2.O=C(O)[C@@H](O)[C@H](O)C(=O)O. The topological polar surface area (TPSA) is 243 Å². The molecule has 2 fully saturated rings. The lowest BCUT2D eigenvalue weighted by Crippen LogP contribution is -2.80. The van der Waals surface area contributed by atoms with Crippen molar-refractivity contribution in [2.45, 2.75) is 92.9 Å². The Labute approximate surface area is 370 Å². The molecular formula is C47H58N4O13. The molecule has 0 radical (unpaired) electrons. The third-order valence-electron chi connectivity index (χ3n) is 15.3. The van der Waals surface area contributed by atoms with Crippen LogP contribution in [0.1, 0.15) is 61.9 Å². The van der Waals surface area contributed by atoms with Gasteiger partial charge in [-0.2, -0.15) is 0 Å². The predicted molar refractivity (Wildman–Crippen MR) is 232 cm³/mol. The van der Waals surface area contributed by atoms with Gasteiger partial charge in [-0.05, 0) is 61.4 Å². The van der Waals surface area contributed by atoms with Crippen LogP contribution in [0, 0.1) is 11.3 Å². The highest BCUT2D eigenvalue weighted by Gasteiger charge is 2.79. The van der Waals surface area contributed by atoms with Gasteiger partial charge in [-0.3, -0.25) is 14.6 Å². The van der Waals surface area contributed by atoms with Crippen LogP contribution >= 0.6 is 0 Å². The van der Waals surface area contributed by atoms with Crippen LogP contribution in [-0.2, 0) is 46.0 Å². The van der Waals surface area contributed by atoms with Gasteiger partial charge in [0.25, 0.3) is 0 Å². The van der Waals surface area contributed by atoms with Gasteiger partial charge in [-0.1, -0.05) is 55.8 Å². The molecule has 5 aliphatic heterocycles. The number of carboxylic acids is 2. The number of para-hydroxylation sites is 1. The minimum atomic E-state index is -2.27. The molecular weight excluding hydrogens is 829 g/mol. The molecule has 9 rings (SSSR count). The molecule has 1 saturated carbocycles. The number of anilines is 1. The summed E-state index contributed by atoms with van der Waals surface area (Å²) in [4.78, 5) is 59.2. The molecule has 3 aromatic rings. The number of aliphatic carboxylic acids is 2. The molecule has 1 aromatic heterocycles. The fourth-order valence-electron chi connectivity index (χ4n) is 12.8. The van der Waals surface area contributed by atoms with Gasteiger partial charge in [-0.15, -0.1) is 0 Å². The van der Waals surface area contributed by atoms with Crippen LogP contribution < -0.4 is 9.64 Å². The van der Waals surface area contributed by atoms with Gasteiger partial charge in [0.05, 0.1) is 27.4 Å². The van der Waals surface area contributed by atoms with Gasteiger partial charge >= 0.3 is 23.9 Å². The molecule has 1 unspecified atom stereocenters. The summed E-state index contributed by atoms with van der Waals surface area (Å²) in [5, 5.41) is 58.9. The zero-order valence-electron chi connectivity index (χ0n) is 36.9. The fraction of sp³-hybridized carbons (Fsp3) is 0.532. The number of carbonyl (C=O) groups is 4. The van der Waals surface area contributed by atoms with Crippen molar-refractivity contribution in [2.75, 3.05) is 59.5 Å². The summed E-state index contributed by atoms with van der Waals surface area (Å²) in [5.74, 6) is -4.21. The molecule has 7 N–H and O–H groups in total. The monoisotopic (exact) mass is 886 g/mol. The lowest BCUT2D eigenvalue weighted by Gasteiger charge is -2.63. The first-order valence-electron chi connectivity index (χ1n) is 21.7. The number of nitrogens with zero attached hydrogens (tertiary/aromatic N) is 3. The maximum absolute atomic E-state index is 15.1. The van der Waals surface area contributed by atoms with Crippen molar-refractivity contribution < 1.29 is 64.0 Å². The maximum Gasteiger partial charge on any atom is 0.342 e. The number of ether oxygens (including phenoxy) is 3. The Kier molecular flexibility index (Phi) is 11.5. The molecule has 0 amide bonds. The molecule has 17 nitrogen and oxygen atoms in total. The van der Waals surface area contributed by atoms with Gasteiger partial charge in [-0.25, -0.2) is 14.4 Å². The number of benzene rings is 2. The number of aliphatic hydroxyl groups excluding tert-OH is 3. The van der Waals surface area contributed by atoms with E-state index in [-0.39, 0.29) is 17.9 Å². The van der Waals surface area contributed by atoms with Crippen molar-refractivity contribution in [3.05, 3.63) is 82.6 Å². The smallest absolute Gasteiger partial charge is 0.342 e. The number of likely N-dealkylation sites (N-methyl/N-ethyl adjacent to an activating group) is 1. The summed E-state index contributed by atoms with van der Waals surface area (Å²) in [6.45, 7) is 7.97. The molecule has 1 saturated heterocycles. The van der Waals surface area contributed by atoms with Crippen molar-refractivity contribution in [2.24, 2.45) is 11.3 Å². The molecule has 2 aromatic carbocycles. The third kappa shape index (κ3) is 6.18. The number of rotatable bonds is 9. The normalized spacial score (nSPS) is 33.1. The average molecular weight is 887 g/mol. The Balaban J connectivity index is 0.000000502. The number of hydrogen-bond acceptors (Lipinski definition) is 14.